The number of para-hydroxylation sites is 1. The maximum absolute atomic E-state index is 13.1. The summed E-state index contributed by atoms with van der Waals surface area (Å²) in [6.45, 7) is 7.22. The minimum atomic E-state index is -0.550. The average molecular weight is 600 g/mol. The monoisotopic (exact) mass is 599 g/mol. The molecule has 1 aromatic carbocycles. The van der Waals surface area contributed by atoms with Gasteiger partial charge in [0, 0.05) is 55.2 Å². The van der Waals surface area contributed by atoms with Gasteiger partial charge < -0.3 is 29.6 Å². The van der Waals surface area contributed by atoms with Gasteiger partial charge in [-0.15, -0.1) is 0 Å². The van der Waals surface area contributed by atoms with Crippen molar-refractivity contribution in [3.63, 3.8) is 0 Å². The Kier molecular flexibility index (Phi) is 7.98. The van der Waals surface area contributed by atoms with Crippen molar-refractivity contribution in [1.82, 2.24) is 34.8 Å². The third-order valence-electron chi connectivity index (χ3n) is 7.47. The molecule has 1 fully saturated rings. The molecule has 5 aromatic rings. The van der Waals surface area contributed by atoms with Gasteiger partial charge in [-0.1, -0.05) is 17.3 Å². The molecule has 0 saturated carbocycles. The first kappa shape index (κ1) is 28.9. The van der Waals surface area contributed by atoms with Crippen LogP contribution in [0.3, 0.4) is 0 Å². The molecule has 0 radical (unpaired) electrons. The number of aryl methyl sites for hydroxylation is 3. The molecule has 0 aliphatic carbocycles. The fourth-order valence-corrected chi connectivity index (χ4v) is 5.21. The summed E-state index contributed by atoms with van der Waals surface area (Å²) in [5.74, 6) is 0.431. The van der Waals surface area contributed by atoms with Gasteiger partial charge in [-0.05, 0) is 38.8 Å². The molecule has 1 saturated heterocycles. The maximum atomic E-state index is 13.1. The minimum absolute atomic E-state index is 0.0302. The van der Waals surface area contributed by atoms with Crippen molar-refractivity contribution in [1.29, 1.82) is 0 Å². The molecule has 1 aliphatic rings. The van der Waals surface area contributed by atoms with Gasteiger partial charge in [0.25, 0.3) is 0 Å². The number of rotatable bonds is 10. The SMILES string of the molecule is CCOC(=O)c1cnoc1O[C@H]1CCN(CC(=O)Nc2cccc3c(-c4nc(Nc5cc(C)n(C)n5)ncc4C)c[nH]c23)C1. The quantitative estimate of drug-likeness (QED) is 0.199. The molecule has 14 nitrogen and oxygen atoms in total. The summed E-state index contributed by atoms with van der Waals surface area (Å²) >= 11 is 0. The van der Waals surface area contributed by atoms with Crippen molar-refractivity contribution in [3.8, 4) is 17.2 Å². The first-order valence-electron chi connectivity index (χ1n) is 14.3. The van der Waals surface area contributed by atoms with E-state index in [9.17, 15) is 9.59 Å². The predicted molar refractivity (Wildman–Crippen MR) is 162 cm³/mol. The largest absolute Gasteiger partial charge is 0.462 e. The number of hydrogen-bond donors (Lipinski definition) is 3. The van der Waals surface area contributed by atoms with Crippen LogP contribution in [0.25, 0.3) is 22.2 Å². The average Bonchev–Trinajstić information content (AvgIpc) is 3.79. The summed E-state index contributed by atoms with van der Waals surface area (Å²) in [5.41, 5.74) is 5.20. The van der Waals surface area contributed by atoms with Crippen LogP contribution in [-0.4, -0.2) is 79.0 Å². The third-order valence-corrected chi connectivity index (χ3v) is 7.47. The molecule has 1 aliphatic heterocycles. The summed E-state index contributed by atoms with van der Waals surface area (Å²) in [6.07, 6.45) is 5.36. The van der Waals surface area contributed by atoms with E-state index in [-0.39, 0.29) is 36.7 Å². The molecule has 0 bridgehead atoms. The van der Waals surface area contributed by atoms with Crippen LogP contribution in [0.4, 0.5) is 17.5 Å². The minimum Gasteiger partial charge on any atom is -0.462 e. The van der Waals surface area contributed by atoms with Gasteiger partial charge in [-0.25, -0.2) is 14.8 Å². The second-order valence-corrected chi connectivity index (χ2v) is 10.6. The van der Waals surface area contributed by atoms with Crippen LogP contribution in [-0.2, 0) is 16.6 Å². The summed E-state index contributed by atoms with van der Waals surface area (Å²) < 4.78 is 17.8. The number of likely N-dealkylation sites (tertiary alicyclic amines) is 1. The van der Waals surface area contributed by atoms with E-state index in [1.54, 1.807) is 17.8 Å². The topological polar surface area (TPSA) is 165 Å². The number of aromatic nitrogens is 6. The van der Waals surface area contributed by atoms with E-state index in [1.807, 2.05) is 56.3 Å². The standard InChI is InChI=1S/C30H33N9O5/c1-5-42-28(41)22-14-33-44-29(22)43-19-9-10-39(15-19)16-25(40)34-23-8-6-7-20-21(13-31-27(20)23)26-17(2)12-32-30(36-26)35-24-11-18(3)38(4)37-24/h6-8,11-14,19,31H,5,9-10,15-16H2,1-4H3,(H,34,40)(H,32,35,36,37)/t19-/m0/s1. The first-order chi connectivity index (χ1) is 21.3. The molecular weight excluding hydrogens is 566 g/mol. The molecule has 1 amide bonds. The van der Waals surface area contributed by atoms with Crippen LogP contribution < -0.4 is 15.4 Å². The molecule has 4 aromatic heterocycles. The second kappa shape index (κ2) is 12.2. The van der Waals surface area contributed by atoms with E-state index in [4.69, 9.17) is 19.0 Å². The molecule has 3 N–H and O–H groups in total. The van der Waals surface area contributed by atoms with Crippen molar-refractivity contribution in [2.24, 2.45) is 7.05 Å². The highest BCUT2D eigenvalue weighted by atomic mass is 16.6. The summed E-state index contributed by atoms with van der Waals surface area (Å²) in [4.78, 5) is 39.7. The Morgan fingerprint density at radius 2 is 2.09 bits per heavy atom. The number of hydrogen-bond acceptors (Lipinski definition) is 11. The number of carbonyl (C=O) groups excluding carboxylic acids is 2. The summed E-state index contributed by atoms with van der Waals surface area (Å²) in [6, 6.07) is 7.68. The zero-order chi connectivity index (χ0) is 30.8. The summed E-state index contributed by atoms with van der Waals surface area (Å²) in [5, 5.41) is 15.2. The lowest BCUT2D eigenvalue weighted by atomic mass is 10.1. The molecule has 0 unspecified atom stereocenters. The Hall–Kier alpha value is -5.24. The number of fused-ring (bicyclic) bond motifs is 1. The molecule has 5 heterocycles. The van der Waals surface area contributed by atoms with Crippen LogP contribution in [0.5, 0.6) is 5.95 Å². The van der Waals surface area contributed by atoms with E-state index in [0.29, 0.717) is 37.0 Å². The number of nitrogens with one attached hydrogen (secondary N) is 3. The number of anilines is 3. The Balaban J connectivity index is 1.12. The molecule has 44 heavy (non-hydrogen) atoms. The lowest BCUT2D eigenvalue weighted by molar-refractivity contribution is -0.117. The Morgan fingerprint density at radius 3 is 2.89 bits per heavy atom. The number of amides is 1. The van der Waals surface area contributed by atoms with Gasteiger partial charge in [0.05, 0.1) is 36.2 Å². The zero-order valence-electron chi connectivity index (χ0n) is 24.9. The Morgan fingerprint density at radius 1 is 1.23 bits per heavy atom. The molecule has 228 valence electrons. The zero-order valence-corrected chi connectivity index (χ0v) is 24.9. The number of carbonyl (C=O) groups is 2. The van der Waals surface area contributed by atoms with E-state index in [2.05, 4.69) is 30.9 Å². The Labute approximate surface area is 252 Å². The van der Waals surface area contributed by atoms with Gasteiger partial charge >= 0.3 is 11.9 Å². The van der Waals surface area contributed by atoms with Crippen LogP contribution in [0.2, 0.25) is 0 Å². The van der Waals surface area contributed by atoms with Crippen molar-refractivity contribution in [3.05, 3.63) is 59.7 Å². The number of aromatic amines is 1. The first-order valence-corrected chi connectivity index (χ1v) is 14.3. The van der Waals surface area contributed by atoms with E-state index < -0.39 is 5.97 Å². The molecule has 1 atom stereocenters. The van der Waals surface area contributed by atoms with E-state index in [0.717, 1.165) is 33.4 Å². The lowest BCUT2D eigenvalue weighted by Crippen LogP contribution is -2.33. The van der Waals surface area contributed by atoms with E-state index >= 15 is 0 Å². The van der Waals surface area contributed by atoms with Crippen LogP contribution in [0.15, 0.2) is 47.4 Å². The van der Waals surface area contributed by atoms with Crippen molar-refractivity contribution in [2.75, 3.05) is 36.9 Å². The molecule has 14 heteroatoms. The fraction of sp³-hybridized carbons (Fsp3) is 0.333. The smallest absolute Gasteiger partial charge is 0.347 e. The highest BCUT2D eigenvalue weighted by molar-refractivity contribution is 6.06. The highest BCUT2D eigenvalue weighted by Crippen LogP contribution is 2.33. The van der Waals surface area contributed by atoms with Crippen LogP contribution >= 0.6 is 0 Å². The second-order valence-electron chi connectivity index (χ2n) is 10.6. The molecule has 0 spiro atoms. The maximum Gasteiger partial charge on any atom is 0.347 e. The van der Waals surface area contributed by atoms with Gasteiger partial charge in [-0.2, -0.15) is 5.10 Å². The normalized spacial score (nSPS) is 15.0. The molecular formula is C30H33N9O5. The highest BCUT2D eigenvalue weighted by Gasteiger charge is 2.29. The number of nitrogens with zero attached hydrogens (tertiary/aromatic N) is 6. The number of ether oxygens (including phenoxy) is 2. The van der Waals surface area contributed by atoms with Crippen molar-refractivity contribution >= 4 is 40.2 Å². The summed E-state index contributed by atoms with van der Waals surface area (Å²) in [7, 11) is 1.88. The third kappa shape index (κ3) is 5.97. The number of H-pyrrole nitrogens is 1. The molecule has 6 rings (SSSR count). The van der Waals surface area contributed by atoms with Crippen molar-refractivity contribution < 1.29 is 23.6 Å². The number of esters is 1. The lowest BCUT2D eigenvalue weighted by Gasteiger charge is -2.16. The fourth-order valence-electron chi connectivity index (χ4n) is 5.21. The van der Waals surface area contributed by atoms with Gasteiger partial charge in [0.1, 0.15) is 6.10 Å². The number of benzene rings is 1. The van der Waals surface area contributed by atoms with Crippen LogP contribution in [0.1, 0.15) is 35.0 Å². The van der Waals surface area contributed by atoms with Gasteiger partial charge in [-0.3, -0.25) is 14.4 Å². The van der Waals surface area contributed by atoms with Gasteiger partial charge in [0.2, 0.25) is 11.9 Å². The van der Waals surface area contributed by atoms with Crippen molar-refractivity contribution in [2.45, 2.75) is 33.3 Å². The van der Waals surface area contributed by atoms with Crippen LogP contribution in [0, 0.1) is 13.8 Å². The predicted octanol–water partition coefficient (Wildman–Crippen LogP) is 3.98. The Bertz CT molecular complexity index is 1800. The van der Waals surface area contributed by atoms with Gasteiger partial charge in [0.15, 0.2) is 11.4 Å². The van der Waals surface area contributed by atoms with E-state index in [1.165, 1.54) is 6.20 Å².